The molecule has 0 radical (unpaired) electrons. The van der Waals surface area contributed by atoms with Gasteiger partial charge in [0.2, 0.25) is 0 Å². The molecule has 3 aromatic carbocycles. The van der Waals surface area contributed by atoms with Crippen LogP contribution in [0.4, 0.5) is 16.2 Å². The molecule has 0 atom stereocenters. The quantitative estimate of drug-likeness (QED) is 0.539. The summed E-state index contributed by atoms with van der Waals surface area (Å²) in [6.45, 7) is 3.93. The minimum Gasteiger partial charge on any atom is -0.334 e. The molecule has 0 spiro atoms. The summed E-state index contributed by atoms with van der Waals surface area (Å²) in [5, 5.41) is 8.18. The lowest BCUT2D eigenvalue weighted by Gasteiger charge is -2.09. The molecule has 3 aromatic rings. The molecule has 0 saturated heterocycles. The Morgan fingerprint density at radius 2 is 1.32 bits per heavy atom. The van der Waals surface area contributed by atoms with Crippen molar-refractivity contribution in [1.29, 1.82) is 0 Å². The highest BCUT2D eigenvalue weighted by Gasteiger charge is 2.07. The number of benzene rings is 3. The zero-order valence-electron chi connectivity index (χ0n) is 15.3. The molecular weight excluding hydrogens is 350 g/mol. The van der Waals surface area contributed by atoms with Gasteiger partial charge in [-0.25, -0.2) is 4.79 Å². The highest BCUT2D eigenvalue weighted by molar-refractivity contribution is 6.04. The van der Waals surface area contributed by atoms with E-state index in [0.717, 1.165) is 11.1 Å². The zero-order valence-corrected chi connectivity index (χ0v) is 15.3. The van der Waals surface area contributed by atoms with Gasteiger partial charge in [-0.2, -0.15) is 0 Å². The van der Waals surface area contributed by atoms with Crippen molar-refractivity contribution in [2.45, 2.75) is 0 Å². The summed E-state index contributed by atoms with van der Waals surface area (Å²) in [5.41, 5.74) is 4.02. The Labute approximate surface area is 164 Å². The highest BCUT2D eigenvalue weighted by Crippen LogP contribution is 2.20. The van der Waals surface area contributed by atoms with Gasteiger partial charge in [-0.3, -0.25) is 4.79 Å². The molecule has 0 aliphatic heterocycles. The van der Waals surface area contributed by atoms with Crippen LogP contribution in [-0.2, 0) is 0 Å². The van der Waals surface area contributed by atoms with Crippen molar-refractivity contribution < 1.29 is 9.59 Å². The monoisotopic (exact) mass is 371 g/mol. The molecule has 5 nitrogen and oxygen atoms in total. The Hall–Kier alpha value is -3.86. The second-order valence-corrected chi connectivity index (χ2v) is 6.10. The minimum atomic E-state index is -0.310. The molecule has 0 aliphatic carbocycles. The minimum absolute atomic E-state index is 0.191. The standard InChI is InChI=1S/C23H21N3O2/c1-2-16-24-23(28)26-21-14-12-20(13-15-21)25-22(27)19-10-8-18(9-11-19)17-6-4-3-5-7-17/h2-15H,1,16H2,(H,25,27)(H2,24,26,28). The van der Waals surface area contributed by atoms with Crippen LogP contribution in [0.1, 0.15) is 10.4 Å². The molecule has 3 amide bonds. The topological polar surface area (TPSA) is 70.2 Å². The molecule has 0 bridgehead atoms. The highest BCUT2D eigenvalue weighted by atomic mass is 16.2. The lowest BCUT2D eigenvalue weighted by molar-refractivity contribution is 0.102. The number of hydrogen-bond acceptors (Lipinski definition) is 2. The van der Waals surface area contributed by atoms with Crippen LogP contribution >= 0.6 is 0 Å². The van der Waals surface area contributed by atoms with Crippen LogP contribution in [0.25, 0.3) is 11.1 Å². The summed E-state index contributed by atoms with van der Waals surface area (Å²) in [4.78, 5) is 24.1. The summed E-state index contributed by atoms with van der Waals surface area (Å²) >= 11 is 0. The van der Waals surface area contributed by atoms with E-state index in [9.17, 15) is 9.59 Å². The largest absolute Gasteiger partial charge is 0.334 e. The number of carbonyl (C=O) groups excluding carboxylic acids is 2. The van der Waals surface area contributed by atoms with Gasteiger partial charge in [-0.1, -0.05) is 48.5 Å². The van der Waals surface area contributed by atoms with E-state index in [1.807, 2.05) is 42.5 Å². The van der Waals surface area contributed by atoms with Crippen LogP contribution in [0.2, 0.25) is 0 Å². The molecule has 0 aromatic heterocycles. The molecular formula is C23H21N3O2. The molecule has 0 saturated carbocycles. The first-order valence-corrected chi connectivity index (χ1v) is 8.88. The van der Waals surface area contributed by atoms with Crippen LogP contribution < -0.4 is 16.0 Å². The Morgan fingerprint density at radius 3 is 1.93 bits per heavy atom. The smallest absolute Gasteiger partial charge is 0.319 e. The van der Waals surface area contributed by atoms with Crippen molar-refractivity contribution in [3.63, 3.8) is 0 Å². The molecule has 5 heteroatoms. The average Bonchev–Trinajstić information content (AvgIpc) is 2.74. The number of urea groups is 1. The van der Waals surface area contributed by atoms with Crippen molar-refractivity contribution in [1.82, 2.24) is 5.32 Å². The molecule has 0 heterocycles. The second-order valence-electron chi connectivity index (χ2n) is 6.10. The van der Waals surface area contributed by atoms with Crippen molar-refractivity contribution in [3.05, 3.63) is 97.1 Å². The fraction of sp³-hybridized carbons (Fsp3) is 0.0435. The third kappa shape index (κ3) is 5.08. The number of nitrogens with one attached hydrogen (secondary N) is 3. The zero-order chi connectivity index (χ0) is 19.8. The Morgan fingerprint density at radius 1 is 0.750 bits per heavy atom. The summed E-state index contributed by atoms with van der Waals surface area (Å²) in [6, 6.07) is 24.1. The molecule has 140 valence electrons. The van der Waals surface area contributed by atoms with Crippen molar-refractivity contribution in [2.24, 2.45) is 0 Å². The third-order valence-electron chi connectivity index (χ3n) is 4.06. The third-order valence-corrected chi connectivity index (χ3v) is 4.06. The molecule has 28 heavy (non-hydrogen) atoms. The first-order valence-electron chi connectivity index (χ1n) is 8.88. The Kier molecular flexibility index (Phi) is 6.21. The Bertz CT molecular complexity index is 949. The number of amides is 3. The lowest BCUT2D eigenvalue weighted by Crippen LogP contribution is -2.28. The van der Waals surface area contributed by atoms with Crippen LogP contribution in [0.15, 0.2) is 91.5 Å². The van der Waals surface area contributed by atoms with Gasteiger partial charge in [0.15, 0.2) is 0 Å². The summed E-state index contributed by atoms with van der Waals surface area (Å²) < 4.78 is 0. The van der Waals surface area contributed by atoms with Crippen molar-refractivity contribution >= 4 is 23.3 Å². The van der Waals surface area contributed by atoms with Gasteiger partial charge in [0, 0.05) is 23.5 Å². The number of anilines is 2. The second kappa shape index (κ2) is 9.19. The number of carbonyl (C=O) groups is 2. The van der Waals surface area contributed by atoms with E-state index in [4.69, 9.17) is 0 Å². The van der Waals surface area contributed by atoms with Gasteiger partial charge in [0.25, 0.3) is 5.91 Å². The molecule has 3 rings (SSSR count). The first kappa shape index (κ1) is 18.9. The maximum Gasteiger partial charge on any atom is 0.319 e. The molecule has 0 aliphatic rings. The number of rotatable bonds is 6. The normalized spacial score (nSPS) is 10.0. The SMILES string of the molecule is C=CCNC(=O)Nc1ccc(NC(=O)c2ccc(-c3ccccc3)cc2)cc1. The lowest BCUT2D eigenvalue weighted by atomic mass is 10.0. The summed E-state index contributed by atoms with van der Waals surface area (Å²) in [6.07, 6.45) is 1.60. The number of hydrogen-bond donors (Lipinski definition) is 3. The summed E-state index contributed by atoms with van der Waals surface area (Å²) in [5.74, 6) is -0.191. The molecule has 0 unspecified atom stereocenters. The van der Waals surface area contributed by atoms with Gasteiger partial charge in [0.05, 0.1) is 0 Å². The predicted octanol–water partition coefficient (Wildman–Crippen LogP) is 4.91. The van der Waals surface area contributed by atoms with Gasteiger partial charge < -0.3 is 16.0 Å². The van der Waals surface area contributed by atoms with Gasteiger partial charge in [-0.15, -0.1) is 6.58 Å². The van der Waals surface area contributed by atoms with Gasteiger partial charge in [-0.05, 0) is 47.5 Å². The van der Waals surface area contributed by atoms with E-state index in [2.05, 4.69) is 22.5 Å². The average molecular weight is 371 g/mol. The maximum atomic E-state index is 12.4. The van der Waals surface area contributed by atoms with Gasteiger partial charge in [0.1, 0.15) is 0 Å². The van der Waals surface area contributed by atoms with Crippen molar-refractivity contribution in [3.8, 4) is 11.1 Å². The van der Waals surface area contributed by atoms with Crippen LogP contribution in [0.5, 0.6) is 0 Å². The van der Waals surface area contributed by atoms with E-state index in [1.165, 1.54) is 0 Å². The maximum absolute atomic E-state index is 12.4. The fourth-order valence-electron chi connectivity index (χ4n) is 2.62. The van der Waals surface area contributed by atoms with Gasteiger partial charge >= 0.3 is 6.03 Å². The Balaban J connectivity index is 1.60. The van der Waals surface area contributed by atoms with Crippen LogP contribution in [-0.4, -0.2) is 18.5 Å². The predicted molar refractivity (Wildman–Crippen MR) is 113 cm³/mol. The van der Waals surface area contributed by atoms with E-state index in [1.54, 1.807) is 42.5 Å². The van der Waals surface area contributed by atoms with E-state index in [0.29, 0.717) is 23.5 Å². The van der Waals surface area contributed by atoms with E-state index < -0.39 is 0 Å². The molecule has 0 fully saturated rings. The first-order chi connectivity index (χ1) is 13.7. The summed E-state index contributed by atoms with van der Waals surface area (Å²) in [7, 11) is 0. The fourth-order valence-corrected chi connectivity index (χ4v) is 2.62. The molecule has 3 N–H and O–H groups in total. The van der Waals surface area contributed by atoms with Crippen LogP contribution in [0.3, 0.4) is 0 Å². The van der Waals surface area contributed by atoms with Crippen molar-refractivity contribution in [2.75, 3.05) is 17.2 Å². The van der Waals surface area contributed by atoms with E-state index >= 15 is 0 Å². The van der Waals surface area contributed by atoms with E-state index in [-0.39, 0.29) is 11.9 Å². The van der Waals surface area contributed by atoms with Crippen LogP contribution in [0, 0.1) is 0 Å².